The number of pyridine rings is 1. The van der Waals surface area contributed by atoms with Gasteiger partial charge in [-0.25, -0.2) is 13.8 Å². The second kappa shape index (κ2) is 8.35. The summed E-state index contributed by atoms with van der Waals surface area (Å²) in [6, 6.07) is 4.22. The summed E-state index contributed by atoms with van der Waals surface area (Å²) < 4.78 is 34.8. The minimum absolute atomic E-state index is 0.0142. The molecule has 34 heavy (non-hydrogen) atoms. The van der Waals surface area contributed by atoms with Crippen molar-refractivity contribution in [2.75, 3.05) is 24.8 Å². The van der Waals surface area contributed by atoms with Crippen LogP contribution in [0.2, 0.25) is 0 Å². The number of amides is 1. The number of methoxy groups -OCH3 is 1. The highest BCUT2D eigenvalue weighted by molar-refractivity contribution is 6.00. The van der Waals surface area contributed by atoms with Crippen LogP contribution >= 0.6 is 0 Å². The highest BCUT2D eigenvalue weighted by Crippen LogP contribution is 2.44. The van der Waals surface area contributed by atoms with Crippen LogP contribution in [0.5, 0.6) is 0 Å². The molecule has 3 heterocycles. The molecule has 2 saturated carbocycles. The van der Waals surface area contributed by atoms with E-state index in [9.17, 15) is 18.4 Å². The lowest BCUT2D eigenvalue weighted by molar-refractivity contribution is -0.104. The summed E-state index contributed by atoms with van der Waals surface area (Å²) >= 11 is 0. The number of fused-ring (bicyclic) bond motifs is 1. The molecule has 2 aliphatic rings. The van der Waals surface area contributed by atoms with Crippen molar-refractivity contribution in [3.8, 4) is 0 Å². The minimum atomic E-state index is -2.73. The van der Waals surface area contributed by atoms with Gasteiger partial charge in [0.15, 0.2) is 5.65 Å². The van der Waals surface area contributed by atoms with E-state index in [0.29, 0.717) is 17.3 Å². The van der Waals surface area contributed by atoms with E-state index in [-0.39, 0.29) is 42.1 Å². The van der Waals surface area contributed by atoms with E-state index in [1.807, 2.05) is 0 Å². The topological polar surface area (TPSA) is 115 Å². The molecule has 0 radical (unpaired) electrons. The van der Waals surface area contributed by atoms with Crippen molar-refractivity contribution in [3.05, 3.63) is 46.5 Å². The molecule has 0 saturated heterocycles. The Hall–Kier alpha value is -3.54. The molecule has 180 valence electrons. The number of halogens is 2. The number of carbonyl (C=O) groups is 1. The first-order valence-corrected chi connectivity index (χ1v) is 11.1. The van der Waals surface area contributed by atoms with Gasteiger partial charge in [-0.2, -0.15) is 9.61 Å². The van der Waals surface area contributed by atoms with E-state index < -0.39 is 17.5 Å². The summed E-state index contributed by atoms with van der Waals surface area (Å²) in [5.74, 6) is -2.20. The van der Waals surface area contributed by atoms with Crippen LogP contribution in [0.15, 0.2) is 35.4 Å². The number of nitrogens with one attached hydrogen (secondary N) is 3. The van der Waals surface area contributed by atoms with Crippen molar-refractivity contribution >= 4 is 28.9 Å². The number of ether oxygens (including phenoxy) is 1. The normalized spacial score (nSPS) is 21.5. The fourth-order valence-electron chi connectivity index (χ4n) is 4.39. The summed E-state index contributed by atoms with van der Waals surface area (Å²) in [5, 5.41) is 13.2. The molecule has 10 nitrogen and oxygen atoms in total. The summed E-state index contributed by atoms with van der Waals surface area (Å²) in [6.07, 6.45) is 3.94. The number of anilines is 3. The van der Waals surface area contributed by atoms with Crippen molar-refractivity contribution < 1.29 is 18.3 Å². The molecule has 2 aliphatic carbocycles. The van der Waals surface area contributed by atoms with Crippen molar-refractivity contribution in [1.29, 1.82) is 0 Å². The van der Waals surface area contributed by atoms with Gasteiger partial charge >= 0.3 is 0 Å². The third kappa shape index (κ3) is 3.87. The maximum Gasteiger partial charge on any atom is 0.274 e. The van der Waals surface area contributed by atoms with Gasteiger partial charge in [0.1, 0.15) is 22.9 Å². The molecule has 5 rings (SSSR count). The van der Waals surface area contributed by atoms with E-state index in [1.54, 1.807) is 32.4 Å². The number of carbonyl (C=O) groups excluding carboxylic acids is 1. The van der Waals surface area contributed by atoms with Gasteiger partial charge in [-0.05, 0) is 25.0 Å². The van der Waals surface area contributed by atoms with Crippen molar-refractivity contribution in [2.24, 2.45) is 0 Å². The molecule has 0 aromatic carbocycles. The molecule has 1 unspecified atom stereocenters. The first-order chi connectivity index (χ1) is 16.3. The Labute approximate surface area is 193 Å². The first-order valence-electron chi connectivity index (χ1n) is 11.1. The maximum absolute atomic E-state index is 13.3. The van der Waals surface area contributed by atoms with Crippen LogP contribution in [-0.4, -0.2) is 57.3 Å². The van der Waals surface area contributed by atoms with Crippen LogP contribution in [0.4, 0.5) is 26.1 Å². The Kier molecular flexibility index (Phi) is 5.47. The Bertz CT molecular complexity index is 1300. The maximum atomic E-state index is 13.3. The monoisotopic (exact) mass is 473 g/mol. The van der Waals surface area contributed by atoms with Crippen molar-refractivity contribution in [2.45, 2.75) is 49.8 Å². The molecule has 0 bridgehead atoms. The van der Waals surface area contributed by atoms with Gasteiger partial charge < -0.3 is 25.3 Å². The predicted octanol–water partition coefficient (Wildman–Crippen LogP) is 2.55. The predicted molar refractivity (Wildman–Crippen MR) is 121 cm³/mol. The fraction of sp³-hybridized carbons (Fsp3) is 0.455. The quantitative estimate of drug-likeness (QED) is 0.483. The van der Waals surface area contributed by atoms with Gasteiger partial charge in [0.25, 0.3) is 17.4 Å². The lowest BCUT2D eigenvalue weighted by atomic mass is 9.88. The molecular formula is C22H25F2N7O3. The van der Waals surface area contributed by atoms with Crippen LogP contribution in [0.25, 0.3) is 5.65 Å². The number of nitrogens with zero attached hydrogens (tertiary/aromatic N) is 4. The second-order valence-electron chi connectivity index (χ2n) is 8.68. The number of rotatable bonds is 7. The SMILES string of the molecule is CNc1cc(Nc2cccn(C3CC(F)(F)C3)c2=O)nc2c(C(=O)NC3CC[C@H]3OC)cnn12. The first kappa shape index (κ1) is 22.3. The van der Waals surface area contributed by atoms with Gasteiger partial charge in [0, 0.05) is 45.3 Å². The smallest absolute Gasteiger partial charge is 0.274 e. The molecule has 0 spiro atoms. The number of hydrogen-bond donors (Lipinski definition) is 3. The molecular weight excluding hydrogens is 448 g/mol. The molecule has 3 aromatic heterocycles. The summed E-state index contributed by atoms with van der Waals surface area (Å²) in [6.45, 7) is 0. The largest absolute Gasteiger partial charge is 0.379 e. The molecule has 1 amide bonds. The Morgan fingerprint density at radius 1 is 1.29 bits per heavy atom. The summed E-state index contributed by atoms with van der Waals surface area (Å²) in [4.78, 5) is 30.3. The number of aromatic nitrogens is 4. The molecule has 2 atom stereocenters. The molecule has 0 aliphatic heterocycles. The zero-order valence-corrected chi connectivity index (χ0v) is 18.7. The average Bonchev–Trinajstić information content (AvgIpc) is 3.20. The Balaban J connectivity index is 1.44. The third-order valence-corrected chi connectivity index (χ3v) is 6.50. The highest BCUT2D eigenvalue weighted by atomic mass is 19.3. The van der Waals surface area contributed by atoms with Gasteiger partial charge in [0.05, 0.1) is 18.3 Å². The number of hydrogen-bond acceptors (Lipinski definition) is 7. The van der Waals surface area contributed by atoms with Crippen LogP contribution in [0, 0.1) is 0 Å². The Morgan fingerprint density at radius 2 is 2.09 bits per heavy atom. The molecule has 3 aromatic rings. The third-order valence-electron chi connectivity index (χ3n) is 6.50. The van der Waals surface area contributed by atoms with Crippen LogP contribution < -0.4 is 21.5 Å². The van der Waals surface area contributed by atoms with Gasteiger partial charge in [0.2, 0.25) is 0 Å². The molecule has 3 N–H and O–H groups in total. The average molecular weight is 473 g/mol. The second-order valence-corrected chi connectivity index (χ2v) is 8.68. The van der Waals surface area contributed by atoms with E-state index >= 15 is 0 Å². The van der Waals surface area contributed by atoms with Crippen LogP contribution in [-0.2, 0) is 4.74 Å². The van der Waals surface area contributed by atoms with Crippen molar-refractivity contribution in [3.63, 3.8) is 0 Å². The summed E-state index contributed by atoms with van der Waals surface area (Å²) in [5.41, 5.74) is 0.358. The lowest BCUT2D eigenvalue weighted by Gasteiger charge is -2.36. The van der Waals surface area contributed by atoms with E-state index in [0.717, 1.165) is 12.8 Å². The van der Waals surface area contributed by atoms with E-state index in [1.165, 1.54) is 21.5 Å². The van der Waals surface area contributed by atoms with Gasteiger partial charge in [-0.15, -0.1) is 0 Å². The summed E-state index contributed by atoms with van der Waals surface area (Å²) in [7, 11) is 3.31. The standard InChI is InChI=1S/C22H25F2N7O3/c1-25-18-8-17(27-15-4-3-7-30(21(15)33)12-9-22(23,24)10-12)29-19-13(11-26-31(18)19)20(32)28-14-5-6-16(14)34-2/h3-4,7-8,11-12,14,16,25H,5-6,9-10H2,1-2H3,(H,27,29)(H,28,32)/t14?,16-/m1/s1. The van der Waals surface area contributed by atoms with Gasteiger partial charge in [-0.1, -0.05) is 0 Å². The fourth-order valence-corrected chi connectivity index (χ4v) is 4.39. The van der Waals surface area contributed by atoms with E-state index in [2.05, 4.69) is 26.0 Å². The highest BCUT2D eigenvalue weighted by Gasteiger charge is 2.46. The van der Waals surface area contributed by atoms with E-state index in [4.69, 9.17) is 4.74 Å². The zero-order valence-electron chi connectivity index (χ0n) is 18.7. The molecule has 12 heteroatoms. The van der Waals surface area contributed by atoms with Crippen LogP contribution in [0.3, 0.4) is 0 Å². The van der Waals surface area contributed by atoms with Gasteiger partial charge in [-0.3, -0.25) is 9.59 Å². The van der Waals surface area contributed by atoms with Crippen LogP contribution in [0.1, 0.15) is 42.1 Å². The zero-order chi connectivity index (χ0) is 24.0. The number of alkyl halides is 2. The molecule has 2 fully saturated rings. The Morgan fingerprint density at radius 3 is 2.74 bits per heavy atom. The van der Waals surface area contributed by atoms with Crippen molar-refractivity contribution in [1.82, 2.24) is 24.5 Å². The lowest BCUT2D eigenvalue weighted by Crippen LogP contribution is -2.51. The minimum Gasteiger partial charge on any atom is -0.379 e.